The van der Waals surface area contributed by atoms with Gasteiger partial charge in [0.15, 0.2) is 9.84 Å². The van der Waals surface area contributed by atoms with Gasteiger partial charge < -0.3 is 14.2 Å². The monoisotopic (exact) mass is 410 g/mol. The van der Waals surface area contributed by atoms with Gasteiger partial charge in [0, 0.05) is 18.2 Å². The molecule has 0 N–H and O–H groups in total. The van der Waals surface area contributed by atoms with Crippen LogP contribution in [0.3, 0.4) is 0 Å². The van der Waals surface area contributed by atoms with Gasteiger partial charge in [0.05, 0.1) is 22.6 Å². The van der Waals surface area contributed by atoms with E-state index >= 15 is 0 Å². The number of carbonyl (C=O) groups excluding carboxylic acids is 1. The lowest BCUT2D eigenvalue weighted by Gasteiger charge is -2.16. The van der Waals surface area contributed by atoms with Crippen molar-refractivity contribution in [2.24, 2.45) is 0 Å². The molecular weight excluding hydrogens is 392 g/mol. The Morgan fingerprint density at radius 1 is 1.19 bits per heavy atom. The predicted molar refractivity (Wildman–Crippen MR) is 101 cm³/mol. The van der Waals surface area contributed by atoms with E-state index in [9.17, 15) is 13.2 Å². The molecule has 0 unspecified atom stereocenters. The Kier molecular flexibility index (Phi) is 4.86. The summed E-state index contributed by atoms with van der Waals surface area (Å²) in [5, 5.41) is 0.147. The van der Waals surface area contributed by atoms with E-state index in [1.54, 1.807) is 12.1 Å². The highest BCUT2D eigenvalue weighted by Gasteiger charge is 2.34. The van der Waals surface area contributed by atoms with Crippen LogP contribution in [0.15, 0.2) is 35.2 Å². The minimum atomic E-state index is -3.38. The van der Waals surface area contributed by atoms with Gasteiger partial charge in [0.25, 0.3) is 0 Å². The molecule has 1 aliphatic rings. The Bertz CT molecular complexity index is 1030. The van der Waals surface area contributed by atoms with Gasteiger partial charge in [-0.1, -0.05) is 11.6 Å². The van der Waals surface area contributed by atoms with Crippen molar-refractivity contribution in [1.29, 1.82) is 0 Å². The molecule has 2 aromatic rings. The first-order valence-electron chi connectivity index (χ1n) is 8.12. The molecule has 144 valence electrons. The fourth-order valence-electron chi connectivity index (χ4n) is 2.88. The molecule has 0 atom stereocenters. The average Bonchev–Trinajstić information content (AvgIpc) is 2.89. The lowest BCUT2D eigenvalue weighted by molar-refractivity contribution is 0.0599. The molecule has 0 bridgehead atoms. The van der Waals surface area contributed by atoms with Crippen LogP contribution in [0.1, 0.15) is 29.8 Å². The molecule has 1 heterocycles. The highest BCUT2D eigenvalue weighted by molar-refractivity contribution is 7.90. The highest BCUT2D eigenvalue weighted by atomic mass is 35.5. The fourth-order valence-corrected chi connectivity index (χ4v) is 3.82. The molecule has 0 spiro atoms. The van der Waals surface area contributed by atoms with Gasteiger partial charge in [0.1, 0.15) is 22.8 Å². The molecule has 0 aliphatic carbocycles. The van der Waals surface area contributed by atoms with Gasteiger partial charge in [-0.25, -0.2) is 13.2 Å². The van der Waals surface area contributed by atoms with Crippen LogP contribution in [-0.2, 0) is 21.0 Å². The van der Waals surface area contributed by atoms with Crippen molar-refractivity contribution < 1.29 is 27.4 Å². The van der Waals surface area contributed by atoms with E-state index in [0.29, 0.717) is 17.9 Å². The minimum absolute atomic E-state index is 0.0952. The molecule has 0 amide bonds. The largest absolute Gasteiger partial charge is 0.487 e. The van der Waals surface area contributed by atoms with E-state index in [-0.39, 0.29) is 21.2 Å². The molecule has 3 rings (SSSR count). The quantitative estimate of drug-likeness (QED) is 0.708. The number of carbonyl (C=O) groups is 1. The van der Waals surface area contributed by atoms with Crippen LogP contribution in [0.25, 0.3) is 0 Å². The van der Waals surface area contributed by atoms with Crippen LogP contribution in [-0.4, -0.2) is 33.4 Å². The summed E-state index contributed by atoms with van der Waals surface area (Å²) in [5.74, 6) is 0.710. The zero-order valence-corrected chi connectivity index (χ0v) is 16.9. The van der Waals surface area contributed by atoms with Crippen LogP contribution >= 0.6 is 11.6 Å². The van der Waals surface area contributed by atoms with Crippen molar-refractivity contribution in [3.05, 3.63) is 46.5 Å². The number of fused-ring (bicyclic) bond motifs is 1. The van der Waals surface area contributed by atoms with Crippen molar-refractivity contribution in [3.63, 3.8) is 0 Å². The van der Waals surface area contributed by atoms with E-state index in [4.69, 9.17) is 25.8 Å². The summed E-state index contributed by atoms with van der Waals surface area (Å²) >= 11 is 6.21. The van der Waals surface area contributed by atoms with Crippen LogP contribution in [0.2, 0.25) is 5.02 Å². The molecule has 0 saturated carbocycles. The Hall–Kier alpha value is -2.25. The van der Waals surface area contributed by atoms with Crippen LogP contribution < -0.4 is 9.47 Å². The second kappa shape index (κ2) is 6.73. The number of hydrogen-bond acceptors (Lipinski definition) is 6. The molecule has 0 aromatic heterocycles. The summed E-state index contributed by atoms with van der Waals surface area (Å²) in [6.07, 6.45) is 1.68. The Morgan fingerprint density at radius 3 is 2.48 bits per heavy atom. The summed E-state index contributed by atoms with van der Waals surface area (Å²) in [6.45, 7) is 3.87. The summed E-state index contributed by atoms with van der Waals surface area (Å²) in [5.41, 5.74) is 0.641. The van der Waals surface area contributed by atoms with Crippen LogP contribution in [0.5, 0.6) is 17.2 Å². The molecule has 2 aromatic carbocycles. The van der Waals surface area contributed by atoms with Gasteiger partial charge in [0.2, 0.25) is 0 Å². The molecule has 0 fully saturated rings. The SMILES string of the molecule is COC(=O)c1cc(Oc2ccc(S(C)(=O)=O)cc2Cl)c2c(c1)OC(C)(C)C2. The van der Waals surface area contributed by atoms with Gasteiger partial charge >= 0.3 is 5.97 Å². The third kappa shape index (κ3) is 4.04. The van der Waals surface area contributed by atoms with E-state index in [1.807, 2.05) is 13.8 Å². The first kappa shape index (κ1) is 19.5. The number of benzene rings is 2. The third-order valence-corrected chi connectivity index (χ3v) is 5.53. The minimum Gasteiger partial charge on any atom is -0.487 e. The summed E-state index contributed by atoms with van der Waals surface area (Å²) < 4.78 is 40.0. The summed E-state index contributed by atoms with van der Waals surface area (Å²) in [4.78, 5) is 12.1. The normalized spacial score (nSPS) is 15.0. The standard InChI is InChI=1S/C19H19ClO6S/c1-19(2)10-13-16(7-11(18(21)24-3)8-17(13)26-19)25-15-6-5-12(9-14(15)20)27(4,22)23/h5-9H,10H2,1-4H3. The number of methoxy groups -OCH3 is 1. The number of hydrogen-bond donors (Lipinski definition) is 0. The van der Waals surface area contributed by atoms with Crippen LogP contribution in [0.4, 0.5) is 0 Å². The maximum absolute atomic E-state index is 12.0. The Labute approximate surface area is 162 Å². The van der Waals surface area contributed by atoms with Gasteiger partial charge in [-0.3, -0.25) is 0 Å². The van der Waals surface area contributed by atoms with Gasteiger partial charge in [-0.05, 0) is 44.2 Å². The summed E-state index contributed by atoms with van der Waals surface area (Å²) in [6, 6.07) is 7.42. The first-order chi connectivity index (χ1) is 12.5. The van der Waals surface area contributed by atoms with Crippen molar-refractivity contribution in [3.8, 4) is 17.2 Å². The number of halogens is 1. The molecule has 1 aliphatic heterocycles. The van der Waals surface area contributed by atoms with Crippen molar-refractivity contribution in [2.75, 3.05) is 13.4 Å². The second-order valence-electron chi connectivity index (χ2n) is 6.95. The number of rotatable bonds is 4. The smallest absolute Gasteiger partial charge is 0.338 e. The van der Waals surface area contributed by atoms with Gasteiger partial charge in [-0.15, -0.1) is 0 Å². The molecule has 0 radical (unpaired) electrons. The zero-order chi connectivity index (χ0) is 20.0. The predicted octanol–water partition coefficient (Wildman–Crippen LogP) is 4.04. The number of sulfone groups is 1. The van der Waals surface area contributed by atoms with Crippen molar-refractivity contribution >= 4 is 27.4 Å². The van der Waals surface area contributed by atoms with Crippen molar-refractivity contribution in [1.82, 2.24) is 0 Å². The van der Waals surface area contributed by atoms with Crippen molar-refractivity contribution in [2.45, 2.75) is 30.8 Å². The number of ether oxygens (including phenoxy) is 3. The average molecular weight is 411 g/mol. The molecule has 6 nitrogen and oxygen atoms in total. The topological polar surface area (TPSA) is 78.9 Å². The third-order valence-electron chi connectivity index (χ3n) is 4.13. The van der Waals surface area contributed by atoms with E-state index in [0.717, 1.165) is 11.8 Å². The lowest BCUT2D eigenvalue weighted by atomic mass is 10.00. The lowest BCUT2D eigenvalue weighted by Crippen LogP contribution is -2.24. The number of esters is 1. The molecular formula is C19H19ClO6S. The maximum atomic E-state index is 12.0. The molecule has 27 heavy (non-hydrogen) atoms. The maximum Gasteiger partial charge on any atom is 0.338 e. The van der Waals surface area contributed by atoms with E-state index < -0.39 is 21.4 Å². The van der Waals surface area contributed by atoms with Crippen LogP contribution in [0, 0.1) is 0 Å². The second-order valence-corrected chi connectivity index (χ2v) is 9.37. The Morgan fingerprint density at radius 2 is 1.89 bits per heavy atom. The molecule has 0 saturated heterocycles. The van der Waals surface area contributed by atoms with E-state index in [1.165, 1.54) is 25.3 Å². The zero-order valence-electron chi connectivity index (χ0n) is 15.3. The highest BCUT2D eigenvalue weighted by Crippen LogP contribution is 2.44. The molecule has 8 heteroatoms. The Balaban J connectivity index is 2.05. The van der Waals surface area contributed by atoms with E-state index in [2.05, 4.69) is 0 Å². The van der Waals surface area contributed by atoms with Gasteiger partial charge in [-0.2, -0.15) is 0 Å². The first-order valence-corrected chi connectivity index (χ1v) is 10.4. The fraction of sp³-hybridized carbons (Fsp3) is 0.316. The summed E-state index contributed by atoms with van der Waals surface area (Å²) in [7, 11) is -2.09.